The Kier molecular flexibility index (Phi) is 3.30. The summed E-state index contributed by atoms with van der Waals surface area (Å²) in [5, 5.41) is 1.35. The van der Waals surface area contributed by atoms with Gasteiger partial charge in [-0.15, -0.1) is 0 Å². The van der Waals surface area contributed by atoms with Gasteiger partial charge in [-0.3, -0.25) is 0 Å². The quantitative estimate of drug-likeness (QED) is 0.725. The maximum absolute atomic E-state index is 6.06. The van der Waals surface area contributed by atoms with Crippen LogP contribution in [0.4, 0.5) is 0 Å². The monoisotopic (exact) mass is 235 g/mol. The number of hydrogen-bond donors (Lipinski definition) is 0. The zero-order chi connectivity index (χ0) is 10.7. The highest BCUT2D eigenvalue weighted by Gasteiger charge is 2.05. The molecule has 2 heteroatoms. The Bertz CT molecular complexity index is 429. The van der Waals surface area contributed by atoms with E-state index in [-0.39, 0.29) is 0 Å². The van der Waals surface area contributed by atoms with Gasteiger partial charge in [0.1, 0.15) is 0 Å². The van der Waals surface area contributed by atoms with Crippen molar-refractivity contribution in [1.29, 1.82) is 0 Å². The fourth-order valence-electron chi connectivity index (χ4n) is 1.45. The molecule has 0 amide bonds. The third-order valence-electron chi connectivity index (χ3n) is 2.22. The standard InChI is InChI=1S/C13H9Cl2/c14-12-7-4-8-13(15)11(12)9-10-5-2-1-3-6-10/h1-3,5-8H,9H2. The van der Waals surface area contributed by atoms with E-state index in [1.54, 1.807) is 12.1 Å². The molecule has 0 saturated carbocycles. The molecule has 1 radical (unpaired) electrons. The summed E-state index contributed by atoms with van der Waals surface area (Å²) in [5.41, 5.74) is 2.16. The Hall–Kier alpha value is -0.980. The molecule has 0 fully saturated rings. The molecule has 0 aliphatic rings. The van der Waals surface area contributed by atoms with E-state index in [2.05, 4.69) is 18.2 Å². The molecule has 0 aromatic heterocycles. The third-order valence-corrected chi connectivity index (χ3v) is 2.89. The minimum atomic E-state index is 0.673. The molecule has 0 unspecified atom stereocenters. The van der Waals surface area contributed by atoms with E-state index in [4.69, 9.17) is 23.2 Å². The molecule has 0 spiro atoms. The molecule has 2 aromatic rings. The number of hydrogen-bond acceptors (Lipinski definition) is 0. The van der Waals surface area contributed by atoms with Crippen molar-refractivity contribution in [2.75, 3.05) is 0 Å². The minimum Gasteiger partial charge on any atom is -0.0840 e. The van der Waals surface area contributed by atoms with Crippen LogP contribution in [0.25, 0.3) is 0 Å². The van der Waals surface area contributed by atoms with Crippen LogP contribution in [0.2, 0.25) is 10.0 Å². The maximum atomic E-state index is 6.06. The number of benzene rings is 2. The molecule has 0 atom stereocenters. The topological polar surface area (TPSA) is 0 Å². The summed E-state index contributed by atoms with van der Waals surface area (Å²) in [7, 11) is 0. The zero-order valence-corrected chi connectivity index (χ0v) is 9.52. The Labute approximate surface area is 99.5 Å². The van der Waals surface area contributed by atoms with E-state index >= 15 is 0 Å². The van der Waals surface area contributed by atoms with Gasteiger partial charge >= 0.3 is 0 Å². The zero-order valence-electron chi connectivity index (χ0n) is 8.00. The van der Waals surface area contributed by atoms with Gasteiger partial charge in [-0.05, 0) is 29.3 Å². The summed E-state index contributed by atoms with van der Waals surface area (Å²) in [5.74, 6) is 0. The van der Waals surface area contributed by atoms with Gasteiger partial charge in [0.25, 0.3) is 0 Å². The number of rotatable bonds is 2. The van der Waals surface area contributed by atoms with Crippen molar-refractivity contribution in [3.8, 4) is 0 Å². The lowest BCUT2D eigenvalue weighted by atomic mass is 10.1. The average molecular weight is 236 g/mol. The van der Waals surface area contributed by atoms with Gasteiger partial charge in [-0.2, -0.15) is 0 Å². The summed E-state index contributed by atoms with van der Waals surface area (Å²) in [6.07, 6.45) is 0.757. The highest BCUT2D eigenvalue weighted by Crippen LogP contribution is 2.26. The van der Waals surface area contributed by atoms with Gasteiger partial charge in [0.2, 0.25) is 0 Å². The highest BCUT2D eigenvalue weighted by molar-refractivity contribution is 6.36. The van der Waals surface area contributed by atoms with Gasteiger partial charge in [-0.1, -0.05) is 53.5 Å². The Morgan fingerprint density at radius 1 is 0.933 bits per heavy atom. The summed E-state index contributed by atoms with van der Waals surface area (Å²) in [6, 6.07) is 16.5. The molecule has 0 heterocycles. The van der Waals surface area contributed by atoms with Crippen LogP contribution < -0.4 is 0 Å². The molecular weight excluding hydrogens is 227 g/mol. The van der Waals surface area contributed by atoms with E-state index < -0.39 is 0 Å². The molecule has 0 saturated heterocycles. The van der Waals surface area contributed by atoms with Crippen LogP contribution in [0.1, 0.15) is 11.1 Å². The predicted octanol–water partition coefficient (Wildman–Crippen LogP) is 4.38. The molecule has 15 heavy (non-hydrogen) atoms. The molecular formula is C13H9Cl2. The van der Waals surface area contributed by atoms with Crippen LogP contribution >= 0.6 is 23.2 Å². The van der Waals surface area contributed by atoms with Gasteiger partial charge in [0.15, 0.2) is 0 Å². The van der Waals surface area contributed by atoms with Gasteiger partial charge in [0, 0.05) is 16.5 Å². The highest BCUT2D eigenvalue weighted by atomic mass is 35.5. The summed E-state index contributed by atoms with van der Waals surface area (Å²) >= 11 is 12.1. The Balaban J connectivity index is 2.32. The normalized spacial score (nSPS) is 10.3. The van der Waals surface area contributed by atoms with Crippen molar-refractivity contribution in [3.05, 3.63) is 69.7 Å². The largest absolute Gasteiger partial charge is 0.0840 e. The first kappa shape index (κ1) is 10.5. The van der Waals surface area contributed by atoms with E-state index in [0.717, 1.165) is 12.0 Å². The van der Waals surface area contributed by atoms with Crippen LogP contribution in [0, 0.1) is 6.07 Å². The summed E-state index contributed by atoms with van der Waals surface area (Å²) in [4.78, 5) is 0. The molecule has 2 aromatic carbocycles. The van der Waals surface area contributed by atoms with Crippen molar-refractivity contribution in [2.24, 2.45) is 0 Å². The second-order valence-corrected chi connectivity index (χ2v) is 4.11. The third kappa shape index (κ3) is 2.53. The van der Waals surface area contributed by atoms with Crippen molar-refractivity contribution in [3.63, 3.8) is 0 Å². The van der Waals surface area contributed by atoms with Crippen LogP contribution in [0.3, 0.4) is 0 Å². The van der Waals surface area contributed by atoms with Crippen molar-refractivity contribution >= 4 is 23.2 Å². The van der Waals surface area contributed by atoms with E-state index in [0.29, 0.717) is 10.0 Å². The molecule has 0 aliphatic carbocycles. The van der Waals surface area contributed by atoms with Crippen LogP contribution in [0.15, 0.2) is 42.5 Å². The molecule has 75 valence electrons. The van der Waals surface area contributed by atoms with E-state index in [9.17, 15) is 0 Å². The van der Waals surface area contributed by atoms with Crippen molar-refractivity contribution in [2.45, 2.75) is 6.42 Å². The molecule has 2 rings (SSSR count). The van der Waals surface area contributed by atoms with Crippen molar-refractivity contribution in [1.82, 2.24) is 0 Å². The first-order valence-corrected chi connectivity index (χ1v) is 5.41. The fraction of sp³-hybridized carbons (Fsp3) is 0.0769. The van der Waals surface area contributed by atoms with Crippen LogP contribution in [0.5, 0.6) is 0 Å². The summed E-state index contributed by atoms with van der Waals surface area (Å²) < 4.78 is 0. The van der Waals surface area contributed by atoms with E-state index in [1.165, 1.54) is 5.56 Å². The lowest BCUT2D eigenvalue weighted by molar-refractivity contribution is 1.19. The predicted molar refractivity (Wildman–Crippen MR) is 64.5 cm³/mol. The minimum absolute atomic E-state index is 0.673. The first-order valence-electron chi connectivity index (χ1n) is 4.65. The SMILES string of the molecule is Clc1c[c]cc(Cl)c1Cc1ccccc1. The lowest BCUT2D eigenvalue weighted by Gasteiger charge is -2.06. The van der Waals surface area contributed by atoms with Crippen LogP contribution in [-0.2, 0) is 6.42 Å². The summed E-state index contributed by atoms with van der Waals surface area (Å²) in [6.45, 7) is 0. The average Bonchev–Trinajstić information content (AvgIpc) is 2.25. The van der Waals surface area contributed by atoms with Gasteiger partial charge < -0.3 is 0 Å². The van der Waals surface area contributed by atoms with Gasteiger partial charge in [-0.25, -0.2) is 0 Å². The molecule has 0 aliphatic heterocycles. The lowest BCUT2D eigenvalue weighted by Crippen LogP contribution is -1.90. The Morgan fingerprint density at radius 3 is 2.13 bits per heavy atom. The maximum Gasteiger partial charge on any atom is 0.0462 e. The van der Waals surface area contributed by atoms with Crippen molar-refractivity contribution < 1.29 is 0 Å². The Morgan fingerprint density at radius 2 is 1.53 bits per heavy atom. The molecule has 0 bridgehead atoms. The second kappa shape index (κ2) is 4.69. The van der Waals surface area contributed by atoms with Crippen LogP contribution in [-0.4, -0.2) is 0 Å². The second-order valence-electron chi connectivity index (χ2n) is 3.29. The first-order chi connectivity index (χ1) is 7.27. The fourth-order valence-corrected chi connectivity index (χ4v) is 1.96. The smallest absolute Gasteiger partial charge is 0.0462 e. The molecule has 0 N–H and O–H groups in total. The number of halogens is 2. The molecule has 0 nitrogen and oxygen atoms in total. The van der Waals surface area contributed by atoms with E-state index in [1.807, 2.05) is 18.2 Å². The van der Waals surface area contributed by atoms with Gasteiger partial charge in [0.05, 0.1) is 0 Å².